The van der Waals surface area contributed by atoms with E-state index in [1.54, 1.807) is 24.3 Å². The fourth-order valence-corrected chi connectivity index (χ4v) is 5.45. The Hall–Kier alpha value is -1.52. The van der Waals surface area contributed by atoms with Gasteiger partial charge in [0.25, 0.3) is 0 Å². The van der Waals surface area contributed by atoms with Crippen LogP contribution >= 0.6 is 0 Å². The fourth-order valence-electron chi connectivity index (χ4n) is 4.01. The molecular formula is C21H32N2O6S. The van der Waals surface area contributed by atoms with Crippen molar-refractivity contribution in [2.75, 3.05) is 26.4 Å². The van der Waals surface area contributed by atoms with E-state index in [4.69, 9.17) is 9.47 Å². The van der Waals surface area contributed by atoms with E-state index in [1.165, 1.54) is 0 Å². The Kier molecular flexibility index (Phi) is 8.64. The summed E-state index contributed by atoms with van der Waals surface area (Å²) in [5, 5.41) is 12.7. The van der Waals surface area contributed by atoms with Crippen LogP contribution in [0.2, 0.25) is 0 Å². The topological polar surface area (TPSA) is 114 Å². The molecule has 1 aromatic rings. The van der Waals surface area contributed by atoms with Crippen LogP contribution in [0.15, 0.2) is 30.3 Å². The number of rotatable bonds is 9. The van der Waals surface area contributed by atoms with Crippen LogP contribution in [-0.2, 0) is 30.0 Å². The Morgan fingerprint density at radius 2 is 1.83 bits per heavy atom. The van der Waals surface area contributed by atoms with Crippen molar-refractivity contribution in [3.63, 3.8) is 0 Å². The van der Waals surface area contributed by atoms with Crippen LogP contribution in [0.25, 0.3) is 0 Å². The minimum Gasteiger partial charge on any atom is -0.394 e. The molecule has 30 heavy (non-hydrogen) atoms. The summed E-state index contributed by atoms with van der Waals surface area (Å²) in [5.41, 5.74) is 0.709. The molecule has 3 N–H and O–H groups in total. The maximum atomic E-state index is 12.5. The lowest BCUT2D eigenvalue weighted by molar-refractivity contribution is -0.128. The second-order valence-corrected chi connectivity index (χ2v) is 9.75. The lowest BCUT2D eigenvalue weighted by atomic mass is 9.97. The van der Waals surface area contributed by atoms with Gasteiger partial charge in [0.15, 0.2) is 0 Å². The summed E-state index contributed by atoms with van der Waals surface area (Å²) in [4.78, 5) is 12.2. The van der Waals surface area contributed by atoms with Gasteiger partial charge in [0.05, 0.1) is 30.6 Å². The van der Waals surface area contributed by atoms with Crippen LogP contribution in [0.4, 0.5) is 0 Å². The number of carbonyl (C=O) groups excluding carboxylic acids is 1. The summed E-state index contributed by atoms with van der Waals surface area (Å²) in [6.45, 7) is 1.50. The van der Waals surface area contributed by atoms with Crippen LogP contribution in [0, 0.1) is 5.92 Å². The van der Waals surface area contributed by atoms with E-state index >= 15 is 0 Å². The number of sulfonamides is 1. The van der Waals surface area contributed by atoms with Crippen LogP contribution in [0.1, 0.15) is 37.7 Å². The third kappa shape index (κ3) is 7.02. The van der Waals surface area contributed by atoms with Gasteiger partial charge >= 0.3 is 0 Å². The Balaban J connectivity index is 1.43. The molecule has 3 rings (SSSR count). The van der Waals surface area contributed by atoms with Gasteiger partial charge in [-0.25, -0.2) is 13.1 Å². The molecule has 1 amide bonds. The molecule has 0 aromatic heterocycles. The second kappa shape index (κ2) is 11.2. The first-order chi connectivity index (χ1) is 14.5. The number of amides is 1. The SMILES string of the molecule is O=C(NCC[C@@H]1CC[C@H](NS(=O)(=O)Cc2ccccc2)[C@@H](CO)O1)C1CCOCC1. The fraction of sp³-hybridized carbons (Fsp3) is 0.667. The van der Waals surface area contributed by atoms with Gasteiger partial charge in [-0.15, -0.1) is 0 Å². The van der Waals surface area contributed by atoms with E-state index in [2.05, 4.69) is 10.0 Å². The Morgan fingerprint density at radius 1 is 1.10 bits per heavy atom. The lowest BCUT2D eigenvalue weighted by Crippen LogP contribution is -2.51. The quantitative estimate of drug-likeness (QED) is 0.527. The van der Waals surface area contributed by atoms with Crippen molar-refractivity contribution >= 4 is 15.9 Å². The molecule has 0 aliphatic carbocycles. The number of ether oxygens (including phenoxy) is 2. The first-order valence-corrected chi connectivity index (χ1v) is 12.3. The van der Waals surface area contributed by atoms with Gasteiger partial charge in [-0.2, -0.15) is 0 Å². The monoisotopic (exact) mass is 440 g/mol. The molecule has 168 valence electrons. The van der Waals surface area contributed by atoms with Gasteiger partial charge in [0.1, 0.15) is 0 Å². The normalized spacial score (nSPS) is 25.7. The predicted molar refractivity (Wildman–Crippen MR) is 112 cm³/mol. The highest BCUT2D eigenvalue weighted by Crippen LogP contribution is 2.23. The molecular weight excluding hydrogens is 408 g/mol. The summed E-state index contributed by atoms with van der Waals surface area (Å²) in [5.74, 6) is -0.0385. The van der Waals surface area contributed by atoms with Crippen LogP contribution < -0.4 is 10.0 Å². The average molecular weight is 441 g/mol. The maximum absolute atomic E-state index is 12.5. The minimum atomic E-state index is -3.54. The van der Waals surface area contributed by atoms with Gasteiger partial charge in [-0.1, -0.05) is 30.3 Å². The van der Waals surface area contributed by atoms with Crippen LogP contribution in [0.5, 0.6) is 0 Å². The highest BCUT2D eigenvalue weighted by molar-refractivity contribution is 7.88. The van der Waals surface area contributed by atoms with Crippen molar-refractivity contribution in [1.82, 2.24) is 10.0 Å². The van der Waals surface area contributed by atoms with Crippen LogP contribution in [0.3, 0.4) is 0 Å². The number of benzene rings is 1. The van der Waals surface area contributed by atoms with Gasteiger partial charge in [0, 0.05) is 25.7 Å². The van der Waals surface area contributed by atoms with Gasteiger partial charge in [-0.05, 0) is 37.7 Å². The summed E-state index contributed by atoms with van der Waals surface area (Å²) < 4.78 is 38.9. The minimum absolute atomic E-state index is 0.0135. The molecule has 1 aromatic carbocycles. The number of nitrogens with one attached hydrogen (secondary N) is 2. The maximum Gasteiger partial charge on any atom is 0.223 e. The lowest BCUT2D eigenvalue weighted by Gasteiger charge is -2.36. The second-order valence-electron chi connectivity index (χ2n) is 7.99. The zero-order chi connectivity index (χ0) is 21.4. The zero-order valence-corrected chi connectivity index (χ0v) is 18.0. The Labute approximate surface area is 178 Å². The average Bonchev–Trinajstić information content (AvgIpc) is 2.75. The van der Waals surface area contributed by atoms with E-state index in [0.29, 0.717) is 44.6 Å². The first-order valence-electron chi connectivity index (χ1n) is 10.6. The van der Waals surface area contributed by atoms with Crippen molar-refractivity contribution < 1.29 is 27.8 Å². The van der Waals surface area contributed by atoms with E-state index < -0.39 is 22.2 Å². The number of hydrogen-bond acceptors (Lipinski definition) is 6. The van der Waals surface area contributed by atoms with E-state index in [9.17, 15) is 18.3 Å². The molecule has 0 spiro atoms. The summed E-state index contributed by atoms with van der Waals surface area (Å²) >= 11 is 0. The highest BCUT2D eigenvalue weighted by Gasteiger charge is 2.33. The standard InChI is InChI=1S/C21H32N2O6S/c24-14-20-19(23-30(26,27)15-16-4-2-1-3-5-16)7-6-18(29-20)8-11-22-21(25)17-9-12-28-13-10-17/h1-5,17-20,23-24H,6-15H2,(H,22,25)/t18-,19-,20+/m0/s1. The number of carbonyl (C=O) groups is 1. The van der Waals surface area contributed by atoms with Crippen molar-refractivity contribution in [2.45, 2.75) is 56.1 Å². The summed E-state index contributed by atoms with van der Waals surface area (Å²) in [6.07, 6.45) is 2.67. The molecule has 2 fully saturated rings. The van der Waals surface area contributed by atoms with Crippen molar-refractivity contribution in [3.8, 4) is 0 Å². The van der Waals surface area contributed by atoms with Crippen molar-refractivity contribution in [1.29, 1.82) is 0 Å². The molecule has 0 radical (unpaired) electrons. The largest absolute Gasteiger partial charge is 0.394 e. The van der Waals surface area contributed by atoms with Gasteiger partial charge in [0.2, 0.25) is 15.9 Å². The molecule has 2 aliphatic heterocycles. The molecule has 2 heterocycles. The van der Waals surface area contributed by atoms with Crippen molar-refractivity contribution in [2.24, 2.45) is 5.92 Å². The molecule has 2 aliphatic rings. The zero-order valence-electron chi connectivity index (χ0n) is 17.2. The molecule has 9 heteroatoms. The third-order valence-electron chi connectivity index (χ3n) is 5.68. The van der Waals surface area contributed by atoms with Crippen LogP contribution in [-0.4, -0.2) is 64.0 Å². The Bertz CT molecular complexity index is 767. The summed E-state index contributed by atoms with van der Waals surface area (Å²) in [6, 6.07) is 8.52. The van der Waals surface area contributed by atoms with E-state index in [-0.39, 0.29) is 30.3 Å². The smallest absolute Gasteiger partial charge is 0.223 e. The number of aliphatic hydroxyl groups is 1. The number of aliphatic hydroxyl groups excluding tert-OH is 1. The first kappa shape index (κ1) is 23.1. The Morgan fingerprint density at radius 3 is 2.53 bits per heavy atom. The molecule has 0 bridgehead atoms. The van der Waals surface area contributed by atoms with Crippen molar-refractivity contribution in [3.05, 3.63) is 35.9 Å². The van der Waals surface area contributed by atoms with E-state index in [0.717, 1.165) is 12.8 Å². The molecule has 8 nitrogen and oxygen atoms in total. The number of hydrogen-bond donors (Lipinski definition) is 3. The molecule has 2 saturated heterocycles. The molecule has 0 unspecified atom stereocenters. The third-order valence-corrected chi connectivity index (χ3v) is 7.06. The van der Waals surface area contributed by atoms with Gasteiger partial charge < -0.3 is 19.9 Å². The van der Waals surface area contributed by atoms with Gasteiger partial charge in [-0.3, -0.25) is 4.79 Å². The highest BCUT2D eigenvalue weighted by atomic mass is 32.2. The predicted octanol–water partition coefficient (Wildman–Crippen LogP) is 0.947. The summed E-state index contributed by atoms with van der Waals surface area (Å²) in [7, 11) is -3.54. The molecule has 3 atom stereocenters. The molecule has 0 saturated carbocycles. The van der Waals surface area contributed by atoms with E-state index in [1.807, 2.05) is 6.07 Å².